The summed E-state index contributed by atoms with van der Waals surface area (Å²) in [5, 5.41) is 39.5. The van der Waals surface area contributed by atoms with Gasteiger partial charge in [-0.15, -0.1) is 0 Å². The highest BCUT2D eigenvalue weighted by atomic mass is 16.7. The minimum Gasteiger partial charge on any atom is -0.462 e. The average molecular weight is 563 g/mol. The van der Waals surface area contributed by atoms with Crippen molar-refractivity contribution in [3.63, 3.8) is 0 Å². The number of unbranched alkanes of at least 4 members (excludes halogenated alkanes) is 12. The average Bonchev–Trinajstić information content (AvgIpc) is 2.93. The topological polar surface area (TPSA) is 152 Å². The molecule has 0 bridgehead atoms. The van der Waals surface area contributed by atoms with Gasteiger partial charge in [-0.25, -0.2) is 0 Å². The Morgan fingerprint density at radius 2 is 1.21 bits per heavy atom. The summed E-state index contributed by atoms with van der Waals surface area (Å²) in [4.78, 5) is 24.7. The van der Waals surface area contributed by atoms with E-state index in [2.05, 4.69) is 13.8 Å². The van der Waals surface area contributed by atoms with Crippen LogP contribution in [0.4, 0.5) is 0 Å². The lowest BCUT2D eigenvalue weighted by Gasteiger charge is -2.39. The molecule has 10 heteroatoms. The maximum atomic E-state index is 12.4. The Morgan fingerprint density at radius 1 is 0.692 bits per heavy atom. The van der Waals surface area contributed by atoms with Crippen molar-refractivity contribution in [1.29, 1.82) is 0 Å². The summed E-state index contributed by atoms with van der Waals surface area (Å²) in [6.07, 6.45) is 7.45. The number of carbonyl (C=O) groups is 2. The quantitative estimate of drug-likeness (QED) is 0.107. The van der Waals surface area contributed by atoms with E-state index in [1.54, 1.807) is 0 Å². The van der Waals surface area contributed by atoms with Gasteiger partial charge in [0, 0.05) is 12.8 Å². The van der Waals surface area contributed by atoms with Crippen LogP contribution in [0.1, 0.15) is 117 Å². The number of ether oxygens (including phenoxy) is 4. The van der Waals surface area contributed by atoms with Crippen LogP contribution < -0.4 is 0 Å². The fourth-order valence-corrected chi connectivity index (χ4v) is 4.48. The molecule has 4 N–H and O–H groups in total. The lowest BCUT2D eigenvalue weighted by Crippen LogP contribution is -2.59. The van der Waals surface area contributed by atoms with Crippen molar-refractivity contribution in [3.8, 4) is 0 Å². The molecule has 1 rings (SSSR count). The summed E-state index contributed by atoms with van der Waals surface area (Å²) >= 11 is 0. The predicted molar refractivity (Wildman–Crippen MR) is 146 cm³/mol. The molecule has 0 radical (unpaired) electrons. The summed E-state index contributed by atoms with van der Waals surface area (Å²) < 4.78 is 21.8. The molecule has 1 heterocycles. The lowest BCUT2D eigenvalue weighted by molar-refractivity contribution is -0.305. The van der Waals surface area contributed by atoms with E-state index >= 15 is 0 Å². The Morgan fingerprint density at radius 3 is 1.74 bits per heavy atom. The van der Waals surface area contributed by atoms with Gasteiger partial charge < -0.3 is 39.4 Å². The number of aliphatic hydroxyl groups is 4. The van der Waals surface area contributed by atoms with Gasteiger partial charge in [0.15, 0.2) is 12.4 Å². The highest BCUT2D eigenvalue weighted by Gasteiger charge is 2.44. The van der Waals surface area contributed by atoms with Crippen LogP contribution in [0.3, 0.4) is 0 Å². The van der Waals surface area contributed by atoms with Gasteiger partial charge >= 0.3 is 11.9 Å². The second kappa shape index (κ2) is 22.4. The molecule has 1 saturated heterocycles. The van der Waals surface area contributed by atoms with Crippen LogP contribution in [0.5, 0.6) is 0 Å². The van der Waals surface area contributed by atoms with E-state index in [0.29, 0.717) is 6.42 Å². The Labute approximate surface area is 234 Å². The molecule has 0 aliphatic carbocycles. The molecular weight excluding hydrogens is 508 g/mol. The molecule has 6 atom stereocenters. The van der Waals surface area contributed by atoms with E-state index in [9.17, 15) is 30.0 Å². The molecule has 0 aromatic rings. The van der Waals surface area contributed by atoms with Crippen LogP contribution in [0.2, 0.25) is 0 Å². The normalized spacial score (nSPS) is 23.9. The smallest absolute Gasteiger partial charge is 0.306 e. The molecule has 0 amide bonds. The molecule has 1 aliphatic heterocycles. The van der Waals surface area contributed by atoms with Crippen LogP contribution in [0, 0.1) is 0 Å². The van der Waals surface area contributed by atoms with Crippen molar-refractivity contribution in [2.24, 2.45) is 0 Å². The van der Waals surface area contributed by atoms with Gasteiger partial charge in [-0.1, -0.05) is 90.9 Å². The fourth-order valence-electron chi connectivity index (χ4n) is 4.48. The first kappa shape index (κ1) is 35.7. The Hall–Kier alpha value is -1.30. The second-order valence-corrected chi connectivity index (χ2v) is 10.6. The summed E-state index contributed by atoms with van der Waals surface area (Å²) in [5.74, 6) is -0.821. The van der Waals surface area contributed by atoms with Crippen LogP contribution in [0.15, 0.2) is 0 Å². The first-order valence-electron chi connectivity index (χ1n) is 15.1. The van der Waals surface area contributed by atoms with Crippen molar-refractivity contribution >= 4 is 11.9 Å². The third-order valence-corrected chi connectivity index (χ3v) is 6.99. The molecule has 10 nitrogen and oxygen atoms in total. The van der Waals surface area contributed by atoms with E-state index in [0.717, 1.165) is 44.9 Å². The minimum atomic E-state index is -1.58. The fraction of sp³-hybridized carbons (Fsp3) is 0.931. The van der Waals surface area contributed by atoms with Crippen LogP contribution in [-0.2, 0) is 28.5 Å². The van der Waals surface area contributed by atoms with Gasteiger partial charge in [-0.05, 0) is 12.8 Å². The molecule has 0 saturated carbocycles. The summed E-state index contributed by atoms with van der Waals surface area (Å²) in [7, 11) is 0. The van der Waals surface area contributed by atoms with E-state index in [1.165, 1.54) is 38.5 Å². The second-order valence-electron chi connectivity index (χ2n) is 10.6. The number of carbonyl (C=O) groups excluding carboxylic acids is 2. The highest BCUT2D eigenvalue weighted by Crippen LogP contribution is 2.22. The zero-order valence-electron chi connectivity index (χ0n) is 24.1. The first-order chi connectivity index (χ1) is 18.8. The third kappa shape index (κ3) is 15.9. The number of esters is 2. The van der Waals surface area contributed by atoms with Gasteiger partial charge in [-0.3, -0.25) is 9.59 Å². The molecular formula is C29H54O10. The van der Waals surface area contributed by atoms with Crippen molar-refractivity contribution in [2.75, 3.05) is 19.8 Å². The van der Waals surface area contributed by atoms with Gasteiger partial charge in [0.25, 0.3) is 0 Å². The van der Waals surface area contributed by atoms with Crippen molar-refractivity contribution in [2.45, 2.75) is 153 Å². The van der Waals surface area contributed by atoms with Crippen LogP contribution in [-0.4, -0.2) is 89.0 Å². The largest absolute Gasteiger partial charge is 0.462 e. The molecule has 0 unspecified atom stereocenters. The minimum absolute atomic E-state index is 0.213. The maximum Gasteiger partial charge on any atom is 0.306 e. The van der Waals surface area contributed by atoms with Gasteiger partial charge in [0.05, 0.1) is 13.2 Å². The lowest BCUT2D eigenvalue weighted by atomic mass is 9.99. The molecule has 230 valence electrons. The van der Waals surface area contributed by atoms with E-state index in [4.69, 9.17) is 18.9 Å². The zero-order chi connectivity index (χ0) is 28.9. The molecule has 1 fully saturated rings. The molecule has 1 aliphatic rings. The molecule has 0 spiro atoms. The maximum absolute atomic E-state index is 12.4. The van der Waals surface area contributed by atoms with Crippen molar-refractivity contribution in [3.05, 3.63) is 0 Å². The Bertz CT molecular complexity index is 629. The number of aliphatic hydroxyl groups excluding tert-OH is 4. The molecule has 0 aromatic heterocycles. The standard InChI is InChI=1S/C29H54O10/c1-3-5-7-9-11-12-14-15-17-24(31)36-20-22(38-25(32)18-16-13-10-8-6-4-2)21-37-29-28(35)27(34)26(33)23(19-30)39-29/h22-23,26-30,33-35H,3-21H2,1-2H3/t22-,23-,26+,27+,28-,29-/m1/s1. The van der Waals surface area contributed by atoms with Crippen molar-refractivity contribution < 1.29 is 49.0 Å². The predicted octanol–water partition coefficient (Wildman–Crippen LogP) is 3.54. The van der Waals surface area contributed by atoms with E-state index in [1.807, 2.05) is 0 Å². The summed E-state index contributed by atoms with van der Waals surface area (Å²) in [6.45, 7) is 3.27. The Kier molecular flexibility index (Phi) is 20.5. The van der Waals surface area contributed by atoms with Crippen molar-refractivity contribution in [1.82, 2.24) is 0 Å². The van der Waals surface area contributed by atoms with Gasteiger partial charge in [-0.2, -0.15) is 0 Å². The summed E-state index contributed by atoms with van der Waals surface area (Å²) in [5.41, 5.74) is 0. The highest BCUT2D eigenvalue weighted by molar-refractivity contribution is 5.70. The number of hydrogen-bond donors (Lipinski definition) is 4. The number of hydrogen-bond acceptors (Lipinski definition) is 10. The summed E-state index contributed by atoms with van der Waals surface area (Å²) in [6, 6.07) is 0. The third-order valence-electron chi connectivity index (χ3n) is 6.99. The van der Waals surface area contributed by atoms with Crippen LogP contribution in [0.25, 0.3) is 0 Å². The Balaban J connectivity index is 2.51. The SMILES string of the molecule is CCCCCCCCCCC(=O)OC[C@H](CO[C@@H]1O[C@H](CO)[C@H](O)[C@H](O)[C@H]1O)OC(=O)CCCCCCCC. The number of rotatable bonds is 23. The van der Waals surface area contributed by atoms with Crippen LogP contribution >= 0.6 is 0 Å². The van der Waals surface area contributed by atoms with Gasteiger partial charge in [0.2, 0.25) is 0 Å². The van der Waals surface area contributed by atoms with Gasteiger partial charge in [0.1, 0.15) is 31.0 Å². The van der Waals surface area contributed by atoms with E-state index < -0.39 is 49.4 Å². The molecule has 39 heavy (non-hydrogen) atoms. The monoisotopic (exact) mass is 562 g/mol. The molecule has 0 aromatic carbocycles. The van der Waals surface area contributed by atoms with E-state index in [-0.39, 0.29) is 32.0 Å². The zero-order valence-corrected chi connectivity index (χ0v) is 24.1. The first-order valence-corrected chi connectivity index (χ1v) is 15.1.